The van der Waals surface area contributed by atoms with Gasteiger partial charge >= 0.3 is 5.97 Å². The summed E-state index contributed by atoms with van der Waals surface area (Å²) in [6.07, 6.45) is 5.10. The molecule has 25 heavy (non-hydrogen) atoms. The number of fused-ring (bicyclic) bond motifs is 3. The van der Waals surface area contributed by atoms with Crippen LogP contribution in [0.3, 0.4) is 0 Å². The first kappa shape index (κ1) is 15.3. The highest BCUT2D eigenvalue weighted by Crippen LogP contribution is 2.57. The lowest BCUT2D eigenvalue weighted by molar-refractivity contribution is -0.156. The summed E-state index contributed by atoms with van der Waals surface area (Å²) in [5, 5.41) is 0. The van der Waals surface area contributed by atoms with E-state index in [0.29, 0.717) is 12.5 Å². The first-order chi connectivity index (χ1) is 12.0. The third-order valence-corrected chi connectivity index (χ3v) is 5.91. The van der Waals surface area contributed by atoms with Gasteiger partial charge in [0.1, 0.15) is 0 Å². The summed E-state index contributed by atoms with van der Waals surface area (Å²) in [6.45, 7) is 4.31. The van der Waals surface area contributed by atoms with E-state index in [9.17, 15) is 4.79 Å². The predicted octanol–water partition coefficient (Wildman–Crippen LogP) is 2.70. The maximum atomic E-state index is 13.0. The molecule has 1 saturated heterocycles. The zero-order chi connectivity index (χ0) is 17.2. The fourth-order valence-corrected chi connectivity index (χ4v) is 4.90. The lowest BCUT2D eigenvalue weighted by Gasteiger charge is -2.35. The van der Waals surface area contributed by atoms with Crippen LogP contribution >= 0.6 is 0 Å². The molecule has 5 nitrogen and oxygen atoms in total. The molecule has 1 aromatic carbocycles. The zero-order valence-electron chi connectivity index (χ0n) is 14.3. The number of cyclic esters (lactones) is 1. The van der Waals surface area contributed by atoms with E-state index in [1.54, 1.807) is 0 Å². The minimum atomic E-state index is -0.876. The number of aliphatic imine (C=N–C) groups is 1. The van der Waals surface area contributed by atoms with Gasteiger partial charge in [-0.05, 0) is 38.3 Å². The molecule has 0 N–H and O–H groups in total. The quantitative estimate of drug-likeness (QED) is 0.614. The largest absolute Gasteiger partial charge is 0.405 e. The van der Waals surface area contributed by atoms with Crippen molar-refractivity contribution in [3.63, 3.8) is 0 Å². The molecule has 5 heteroatoms. The summed E-state index contributed by atoms with van der Waals surface area (Å²) in [4.78, 5) is 17.9. The number of hydrogen-bond donors (Lipinski definition) is 0. The van der Waals surface area contributed by atoms with Crippen LogP contribution in [0.4, 0.5) is 0 Å². The van der Waals surface area contributed by atoms with Crippen molar-refractivity contribution in [1.82, 2.24) is 0 Å². The second kappa shape index (κ2) is 5.02. The van der Waals surface area contributed by atoms with Crippen LogP contribution in [0.25, 0.3) is 0 Å². The average Bonchev–Trinajstić information content (AvgIpc) is 3.33. The van der Waals surface area contributed by atoms with E-state index < -0.39 is 11.3 Å². The summed E-state index contributed by atoms with van der Waals surface area (Å²) in [5.41, 5.74) is -0.0406. The van der Waals surface area contributed by atoms with Gasteiger partial charge in [0.25, 0.3) is 0 Å². The third kappa shape index (κ3) is 2.09. The van der Waals surface area contributed by atoms with Crippen LogP contribution in [0.2, 0.25) is 0 Å². The standard InChI is InChI=1S/C20H21NO4/c1-19(2)23-11-15(25-19)16-13-8-9-14(10-13)20(16)18(22)24-17(21-20)12-6-4-3-5-7-12/h3-9,13-16H,10-11H2,1-2H3/t13-,14+,15-,16-,20-/m1/s1. The maximum absolute atomic E-state index is 13.0. The lowest BCUT2D eigenvalue weighted by Crippen LogP contribution is -2.51. The molecule has 5 atom stereocenters. The summed E-state index contributed by atoms with van der Waals surface area (Å²) >= 11 is 0. The molecule has 0 aromatic heterocycles. The molecule has 2 heterocycles. The van der Waals surface area contributed by atoms with Crippen molar-refractivity contribution >= 4 is 11.9 Å². The number of nitrogens with zero attached hydrogens (tertiary/aromatic N) is 1. The topological polar surface area (TPSA) is 57.1 Å². The number of hydrogen-bond acceptors (Lipinski definition) is 5. The zero-order valence-corrected chi connectivity index (χ0v) is 14.3. The second-order valence-electron chi connectivity index (χ2n) is 7.78. The molecule has 0 unspecified atom stereocenters. The number of benzene rings is 1. The Hall–Kier alpha value is -1.98. The van der Waals surface area contributed by atoms with E-state index in [1.807, 2.05) is 44.2 Å². The molecule has 1 spiro atoms. The molecule has 1 saturated carbocycles. The number of carbonyl (C=O) groups is 1. The monoisotopic (exact) mass is 339 g/mol. The summed E-state index contributed by atoms with van der Waals surface area (Å²) in [6, 6.07) is 9.62. The van der Waals surface area contributed by atoms with Crippen LogP contribution < -0.4 is 0 Å². The Labute approximate surface area is 146 Å². The highest BCUT2D eigenvalue weighted by atomic mass is 16.7. The molecule has 4 aliphatic rings. The molecule has 0 radical (unpaired) electrons. The number of rotatable bonds is 2. The smallest absolute Gasteiger partial charge is 0.341 e. The van der Waals surface area contributed by atoms with Crippen LogP contribution in [0.15, 0.2) is 47.5 Å². The van der Waals surface area contributed by atoms with Crippen molar-refractivity contribution in [3.8, 4) is 0 Å². The van der Waals surface area contributed by atoms with E-state index in [2.05, 4.69) is 12.2 Å². The van der Waals surface area contributed by atoms with Crippen molar-refractivity contribution in [2.45, 2.75) is 37.7 Å². The normalized spacial score (nSPS) is 40.7. The van der Waals surface area contributed by atoms with Gasteiger partial charge in [-0.3, -0.25) is 0 Å². The van der Waals surface area contributed by atoms with Crippen molar-refractivity contribution in [3.05, 3.63) is 48.0 Å². The van der Waals surface area contributed by atoms with Gasteiger partial charge in [0, 0.05) is 17.4 Å². The Morgan fingerprint density at radius 1 is 1.16 bits per heavy atom. The molecular weight excluding hydrogens is 318 g/mol. The minimum Gasteiger partial charge on any atom is -0.405 e. The maximum Gasteiger partial charge on any atom is 0.341 e. The number of allylic oxidation sites excluding steroid dienone is 1. The second-order valence-corrected chi connectivity index (χ2v) is 7.78. The molecule has 2 bridgehead atoms. The highest BCUT2D eigenvalue weighted by Gasteiger charge is 2.67. The van der Waals surface area contributed by atoms with E-state index in [1.165, 1.54) is 0 Å². The summed E-state index contributed by atoms with van der Waals surface area (Å²) in [7, 11) is 0. The van der Waals surface area contributed by atoms with Gasteiger partial charge in [0.2, 0.25) is 5.90 Å². The Kier molecular flexibility index (Phi) is 3.07. The van der Waals surface area contributed by atoms with Gasteiger partial charge in [-0.15, -0.1) is 0 Å². The van der Waals surface area contributed by atoms with Crippen LogP contribution in [0.1, 0.15) is 25.8 Å². The minimum absolute atomic E-state index is 0.0435. The summed E-state index contributed by atoms with van der Waals surface area (Å²) < 4.78 is 17.6. The van der Waals surface area contributed by atoms with E-state index in [-0.39, 0.29) is 29.8 Å². The Balaban J connectivity index is 1.57. The molecule has 2 aliphatic carbocycles. The lowest BCUT2D eigenvalue weighted by atomic mass is 9.73. The van der Waals surface area contributed by atoms with Crippen molar-refractivity contribution in [2.75, 3.05) is 6.61 Å². The predicted molar refractivity (Wildman–Crippen MR) is 90.9 cm³/mol. The molecule has 2 fully saturated rings. The van der Waals surface area contributed by atoms with Crippen LogP contribution in [-0.2, 0) is 19.0 Å². The van der Waals surface area contributed by atoms with Crippen molar-refractivity contribution < 1.29 is 19.0 Å². The SMILES string of the molecule is CC1(C)OC[C@H]([C@H]2[C@@H]3C=C[C@@H](C3)[C@@]23N=C(c2ccccc2)OC3=O)O1. The van der Waals surface area contributed by atoms with Gasteiger partial charge in [0.05, 0.1) is 12.7 Å². The molecule has 5 rings (SSSR count). The van der Waals surface area contributed by atoms with Crippen molar-refractivity contribution in [1.29, 1.82) is 0 Å². The molecular formula is C20H21NO4. The summed E-state index contributed by atoms with van der Waals surface area (Å²) in [5.74, 6) is -0.136. The van der Waals surface area contributed by atoms with Gasteiger partial charge in [0.15, 0.2) is 11.3 Å². The van der Waals surface area contributed by atoms with Gasteiger partial charge in [-0.2, -0.15) is 0 Å². The van der Waals surface area contributed by atoms with E-state index in [4.69, 9.17) is 19.2 Å². The molecule has 1 aromatic rings. The van der Waals surface area contributed by atoms with Gasteiger partial charge in [-0.25, -0.2) is 9.79 Å². The van der Waals surface area contributed by atoms with Gasteiger partial charge < -0.3 is 14.2 Å². The van der Waals surface area contributed by atoms with Crippen LogP contribution in [0.5, 0.6) is 0 Å². The Morgan fingerprint density at radius 3 is 2.68 bits per heavy atom. The number of carbonyl (C=O) groups excluding carboxylic acids is 1. The van der Waals surface area contributed by atoms with Crippen LogP contribution in [-0.4, -0.2) is 35.9 Å². The average molecular weight is 339 g/mol. The van der Waals surface area contributed by atoms with E-state index in [0.717, 1.165) is 12.0 Å². The third-order valence-electron chi connectivity index (χ3n) is 5.91. The fraction of sp³-hybridized carbons (Fsp3) is 0.500. The van der Waals surface area contributed by atoms with Gasteiger partial charge in [-0.1, -0.05) is 30.4 Å². The molecule has 130 valence electrons. The first-order valence-corrected chi connectivity index (χ1v) is 8.87. The number of ether oxygens (including phenoxy) is 3. The van der Waals surface area contributed by atoms with E-state index >= 15 is 0 Å². The first-order valence-electron chi connectivity index (χ1n) is 8.87. The van der Waals surface area contributed by atoms with Crippen molar-refractivity contribution in [2.24, 2.45) is 22.7 Å². The van der Waals surface area contributed by atoms with Crippen LogP contribution in [0, 0.1) is 17.8 Å². The Morgan fingerprint density at radius 2 is 1.96 bits per heavy atom. The highest BCUT2D eigenvalue weighted by molar-refractivity contribution is 6.08. The number of esters is 1. The molecule has 2 aliphatic heterocycles. The molecule has 0 amide bonds. The Bertz CT molecular complexity index is 784. The fourth-order valence-electron chi connectivity index (χ4n) is 4.90.